The average molecular weight is 338 g/mol. The summed E-state index contributed by atoms with van der Waals surface area (Å²) < 4.78 is 19.0. The lowest BCUT2D eigenvalue weighted by molar-refractivity contribution is 0.0472. The molecule has 2 aromatic carbocycles. The lowest BCUT2D eigenvalue weighted by Crippen LogP contribution is -2.10. The van der Waals surface area contributed by atoms with Gasteiger partial charge in [0.15, 0.2) is 0 Å². The molecule has 104 valence electrons. The third-order valence-corrected chi connectivity index (χ3v) is 3.65. The number of benzene rings is 2. The lowest BCUT2D eigenvalue weighted by atomic mass is 10.1. The summed E-state index contributed by atoms with van der Waals surface area (Å²) in [5.74, 6) is -0.897. The fourth-order valence-corrected chi connectivity index (χ4v) is 2.20. The number of nitrogens with two attached hydrogens (primary N) is 1. The van der Waals surface area contributed by atoms with Crippen LogP contribution in [0.4, 0.5) is 10.1 Å². The molecule has 0 heterocycles. The highest BCUT2D eigenvalue weighted by Crippen LogP contribution is 2.21. The molecule has 2 N–H and O–H groups in total. The SMILES string of the molecule is Cc1cccc(N)c1C(=O)OCc1cc(F)ccc1Br. The van der Waals surface area contributed by atoms with E-state index in [0.29, 0.717) is 21.3 Å². The molecule has 0 aromatic heterocycles. The Morgan fingerprint density at radius 1 is 1.35 bits per heavy atom. The molecule has 20 heavy (non-hydrogen) atoms. The van der Waals surface area contributed by atoms with E-state index in [4.69, 9.17) is 10.5 Å². The van der Waals surface area contributed by atoms with E-state index in [1.807, 2.05) is 0 Å². The van der Waals surface area contributed by atoms with Gasteiger partial charge in [-0.1, -0.05) is 28.1 Å². The van der Waals surface area contributed by atoms with E-state index in [1.165, 1.54) is 12.1 Å². The van der Waals surface area contributed by atoms with Gasteiger partial charge >= 0.3 is 5.97 Å². The predicted octanol–water partition coefficient (Wildman–Crippen LogP) is 3.84. The highest BCUT2D eigenvalue weighted by molar-refractivity contribution is 9.10. The van der Waals surface area contributed by atoms with E-state index < -0.39 is 5.97 Å². The number of rotatable bonds is 3. The van der Waals surface area contributed by atoms with Crippen molar-refractivity contribution in [1.29, 1.82) is 0 Å². The van der Waals surface area contributed by atoms with Gasteiger partial charge in [0.05, 0.1) is 5.56 Å². The Labute approximate surface area is 124 Å². The first kappa shape index (κ1) is 14.5. The first-order chi connectivity index (χ1) is 9.49. The summed E-state index contributed by atoms with van der Waals surface area (Å²) >= 11 is 3.28. The van der Waals surface area contributed by atoms with Gasteiger partial charge in [0.25, 0.3) is 0 Å². The molecule has 0 amide bonds. The van der Waals surface area contributed by atoms with Crippen LogP contribution >= 0.6 is 15.9 Å². The number of halogens is 2. The number of nitrogen functional groups attached to an aromatic ring is 1. The van der Waals surface area contributed by atoms with Crippen LogP contribution in [0.25, 0.3) is 0 Å². The Kier molecular flexibility index (Phi) is 4.39. The fourth-order valence-electron chi connectivity index (χ4n) is 1.84. The number of ether oxygens (including phenoxy) is 1. The largest absolute Gasteiger partial charge is 0.457 e. The monoisotopic (exact) mass is 337 g/mol. The minimum atomic E-state index is -0.517. The van der Waals surface area contributed by atoms with Gasteiger partial charge in [-0.2, -0.15) is 0 Å². The first-order valence-electron chi connectivity index (χ1n) is 5.95. The zero-order valence-corrected chi connectivity index (χ0v) is 12.4. The Morgan fingerprint density at radius 3 is 2.80 bits per heavy atom. The molecule has 2 aromatic rings. The van der Waals surface area contributed by atoms with Gasteiger partial charge in [0.1, 0.15) is 12.4 Å². The first-order valence-corrected chi connectivity index (χ1v) is 6.74. The summed E-state index contributed by atoms with van der Waals surface area (Å²) in [6.07, 6.45) is 0. The van der Waals surface area contributed by atoms with E-state index in [1.54, 1.807) is 31.2 Å². The van der Waals surface area contributed by atoms with Crippen molar-refractivity contribution in [3.8, 4) is 0 Å². The van der Waals surface area contributed by atoms with Gasteiger partial charge in [0.2, 0.25) is 0 Å². The number of hydrogen-bond acceptors (Lipinski definition) is 3. The standard InChI is InChI=1S/C15H13BrFNO2/c1-9-3-2-4-13(18)14(9)15(19)20-8-10-7-11(17)5-6-12(10)16/h2-7H,8,18H2,1H3. The summed E-state index contributed by atoms with van der Waals surface area (Å²) in [6, 6.07) is 9.41. The molecule has 2 rings (SSSR count). The summed E-state index contributed by atoms with van der Waals surface area (Å²) in [5, 5.41) is 0. The number of anilines is 1. The second-order valence-electron chi connectivity index (χ2n) is 4.35. The third-order valence-electron chi connectivity index (χ3n) is 2.88. The molecule has 0 saturated carbocycles. The van der Waals surface area contributed by atoms with Crippen molar-refractivity contribution >= 4 is 27.6 Å². The molecule has 0 aliphatic heterocycles. The molecule has 0 radical (unpaired) electrons. The summed E-state index contributed by atoms with van der Waals surface area (Å²) in [6.45, 7) is 1.76. The Bertz CT molecular complexity index is 638. The second kappa shape index (κ2) is 6.05. The van der Waals surface area contributed by atoms with Crippen LogP contribution in [0.2, 0.25) is 0 Å². The molecule has 0 spiro atoms. The molecule has 0 aliphatic carbocycles. The normalized spacial score (nSPS) is 10.3. The molecular weight excluding hydrogens is 325 g/mol. The zero-order valence-electron chi connectivity index (χ0n) is 10.8. The van der Waals surface area contributed by atoms with Crippen molar-refractivity contribution in [2.24, 2.45) is 0 Å². The van der Waals surface area contributed by atoms with Crippen LogP contribution in [0.3, 0.4) is 0 Å². The minimum absolute atomic E-state index is 0.0229. The lowest BCUT2D eigenvalue weighted by Gasteiger charge is -2.10. The Hall–Kier alpha value is -1.88. The van der Waals surface area contributed by atoms with Crippen molar-refractivity contribution < 1.29 is 13.9 Å². The van der Waals surface area contributed by atoms with E-state index in [0.717, 1.165) is 5.56 Å². The van der Waals surface area contributed by atoms with Crippen LogP contribution in [0.5, 0.6) is 0 Å². The fraction of sp³-hybridized carbons (Fsp3) is 0.133. The van der Waals surface area contributed by atoms with Crippen molar-refractivity contribution in [1.82, 2.24) is 0 Å². The molecule has 0 saturated heterocycles. The number of esters is 1. The molecule has 0 fully saturated rings. The van der Waals surface area contributed by atoms with Gasteiger partial charge in [-0.25, -0.2) is 9.18 Å². The van der Waals surface area contributed by atoms with Gasteiger partial charge < -0.3 is 10.5 Å². The van der Waals surface area contributed by atoms with Crippen LogP contribution in [-0.2, 0) is 11.3 Å². The van der Waals surface area contributed by atoms with E-state index in [9.17, 15) is 9.18 Å². The molecular formula is C15H13BrFNO2. The second-order valence-corrected chi connectivity index (χ2v) is 5.21. The van der Waals surface area contributed by atoms with Crippen molar-refractivity contribution in [3.05, 3.63) is 63.4 Å². The zero-order chi connectivity index (χ0) is 14.7. The number of carbonyl (C=O) groups is 1. The van der Waals surface area contributed by atoms with Crippen LogP contribution in [0.15, 0.2) is 40.9 Å². The highest BCUT2D eigenvalue weighted by Gasteiger charge is 2.14. The Balaban J connectivity index is 2.15. The smallest absolute Gasteiger partial charge is 0.340 e. The van der Waals surface area contributed by atoms with Gasteiger partial charge in [-0.15, -0.1) is 0 Å². The van der Waals surface area contributed by atoms with Crippen LogP contribution in [0, 0.1) is 12.7 Å². The van der Waals surface area contributed by atoms with Gasteiger partial charge in [-0.05, 0) is 36.8 Å². The summed E-state index contributed by atoms with van der Waals surface area (Å²) in [7, 11) is 0. The predicted molar refractivity (Wildman–Crippen MR) is 78.8 cm³/mol. The maximum Gasteiger partial charge on any atom is 0.340 e. The molecule has 0 unspecified atom stereocenters. The third kappa shape index (κ3) is 3.17. The van der Waals surface area contributed by atoms with E-state index in [2.05, 4.69) is 15.9 Å². The van der Waals surface area contributed by atoms with Crippen LogP contribution in [0.1, 0.15) is 21.5 Å². The number of hydrogen-bond donors (Lipinski definition) is 1. The molecule has 5 heteroatoms. The van der Waals surface area contributed by atoms with E-state index in [-0.39, 0.29) is 12.4 Å². The molecule has 0 bridgehead atoms. The maximum absolute atomic E-state index is 13.1. The molecule has 3 nitrogen and oxygen atoms in total. The topological polar surface area (TPSA) is 52.3 Å². The quantitative estimate of drug-likeness (QED) is 0.683. The van der Waals surface area contributed by atoms with Crippen molar-refractivity contribution in [3.63, 3.8) is 0 Å². The van der Waals surface area contributed by atoms with Crippen LogP contribution in [-0.4, -0.2) is 5.97 Å². The van der Waals surface area contributed by atoms with E-state index >= 15 is 0 Å². The average Bonchev–Trinajstić information content (AvgIpc) is 2.39. The Morgan fingerprint density at radius 2 is 2.10 bits per heavy atom. The maximum atomic E-state index is 13.1. The van der Waals surface area contributed by atoms with Crippen LogP contribution < -0.4 is 5.73 Å². The summed E-state index contributed by atoms with van der Waals surface area (Å²) in [5.41, 5.74) is 7.80. The van der Waals surface area contributed by atoms with Crippen molar-refractivity contribution in [2.45, 2.75) is 13.5 Å². The van der Waals surface area contributed by atoms with Gasteiger partial charge in [-0.3, -0.25) is 0 Å². The number of carbonyl (C=O) groups excluding carboxylic acids is 1. The van der Waals surface area contributed by atoms with Crippen molar-refractivity contribution in [2.75, 3.05) is 5.73 Å². The molecule has 0 atom stereocenters. The van der Waals surface area contributed by atoms with Gasteiger partial charge in [0, 0.05) is 15.7 Å². The number of aryl methyl sites for hydroxylation is 1. The molecule has 0 aliphatic rings. The minimum Gasteiger partial charge on any atom is -0.457 e. The highest BCUT2D eigenvalue weighted by atomic mass is 79.9. The summed E-state index contributed by atoms with van der Waals surface area (Å²) in [4.78, 5) is 12.0.